The fraction of sp³-hybridized carbons (Fsp3) is 0.556. The normalized spacial score (nSPS) is 29.5. The van der Waals surface area contributed by atoms with Gasteiger partial charge in [0.1, 0.15) is 11.1 Å². The number of hydrogen-bond acceptors (Lipinski definition) is 3. The third-order valence-corrected chi connectivity index (χ3v) is 3.46. The van der Waals surface area contributed by atoms with E-state index in [1.54, 1.807) is 6.26 Å². The molecule has 1 aliphatic heterocycles. The second-order valence-electron chi connectivity index (χ2n) is 3.25. The summed E-state index contributed by atoms with van der Waals surface area (Å²) in [4.78, 5) is 0. The molecule has 1 saturated heterocycles. The van der Waals surface area contributed by atoms with E-state index in [2.05, 4.69) is 19.2 Å². The lowest BCUT2D eigenvalue weighted by Gasteiger charge is -2.08. The lowest BCUT2D eigenvalue weighted by molar-refractivity contribution is 0.469. The molecule has 0 saturated carbocycles. The van der Waals surface area contributed by atoms with E-state index < -0.39 is 0 Å². The van der Waals surface area contributed by atoms with Gasteiger partial charge < -0.3 is 4.42 Å². The van der Waals surface area contributed by atoms with Crippen LogP contribution >= 0.6 is 11.8 Å². The number of rotatable bonds is 1. The number of hydrogen-bond donors (Lipinski definition) is 1. The summed E-state index contributed by atoms with van der Waals surface area (Å²) in [6.45, 7) is 4.29. The minimum atomic E-state index is 0.370. The molecule has 0 aromatic carbocycles. The maximum Gasteiger partial charge on any atom is 0.133 e. The first-order chi connectivity index (χ1) is 5.77. The Hall–Kier alpha value is -0.410. The van der Waals surface area contributed by atoms with Gasteiger partial charge in [-0.25, -0.2) is 0 Å². The average molecular weight is 183 g/mol. The van der Waals surface area contributed by atoms with Crippen LogP contribution in [-0.4, -0.2) is 11.8 Å². The molecule has 1 aromatic heterocycles. The predicted octanol–water partition coefficient (Wildman–Crippen LogP) is 2.31. The zero-order chi connectivity index (χ0) is 8.55. The molecule has 66 valence electrons. The molecule has 2 unspecified atom stereocenters. The van der Waals surface area contributed by atoms with Crippen LogP contribution in [-0.2, 0) is 0 Å². The first-order valence-electron chi connectivity index (χ1n) is 4.19. The minimum Gasteiger partial charge on any atom is -0.466 e. The summed E-state index contributed by atoms with van der Waals surface area (Å²) < 4.78 is 5.41. The number of aryl methyl sites for hydroxylation is 1. The number of thioether (sulfide) groups is 1. The summed E-state index contributed by atoms with van der Waals surface area (Å²) in [7, 11) is 0. The van der Waals surface area contributed by atoms with Crippen molar-refractivity contribution in [1.29, 1.82) is 0 Å². The summed E-state index contributed by atoms with van der Waals surface area (Å²) in [6.07, 6.45) is 1.76. The van der Waals surface area contributed by atoms with E-state index in [0.717, 1.165) is 5.76 Å². The van der Waals surface area contributed by atoms with E-state index >= 15 is 0 Å². The molecular weight excluding hydrogens is 170 g/mol. The Morgan fingerprint density at radius 2 is 2.50 bits per heavy atom. The van der Waals surface area contributed by atoms with Gasteiger partial charge in [-0.15, -0.1) is 11.8 Å². The lowest BCUT2D eigenvalue weighted by Crippen LogP contribution is -2.21. The van der Waals surface area contributed by atoms with Crippen LogP contribution in [0.1, 0.15) is 23.6 Å². The van der Waals surface area contributed by atoms with Gasteiger partial charge in [-0.2, -0.15) is 0 Å². The van der Waals surface area contributed by atoms with E-state index in [1.807, 2.05) is 17.8 Å². The predicted molar refractivity (Wildman–Crippen MR) is 51.2 cm³/mol. The van der Waals surface area contributed by atoms with Crippen LogP contribution in [0.25, 0.3) is 0 Å². The maximum atomic E-state index is 5.41. The number of furan rings is 1. The Kier molecular flexibility index (Phi) is 2.15. The van der Waals surface area contributed by atoms with Crippen molar-refractivity contribution in [2.75, 3.05) is 5.75 Å². The molecule has 0 bridgehead atoms. The van der Waals surface area contributed by atoms with Gasteiger partial charge in [0.05, 0.1) is 6.26 Å². The Bertz CT molecular complexity index is 271. The van der Waals surface area contributed by atoms with Gasteiger partial charge >= 0.3 is 0 Å². The molecule has 1 fully saturated rings. The molecule has 0 radical (unpaired) electrons. The zero-order valence-corrected chi connectivity index (χ0v) is 8.15. The SMILES string of the molecule is Cc1ccoc1C1NC(C)CS1. The summed E-state index contributed by atoms with van der Waals surface area (Å²) in [6, 6.07) is 2.62. The van der Waals surface area contributed by atoms with Gasteiger partial charge in [-0.05, 0) is 25.5 Å². The fourth-order valence-electron chi connectivity index (χ4n) is 1.40. The van der Waals surface area contributed by atoms with E-state index in [-0.39, 0.29) is 0 Å². The Labute approximate surface area is 76.7 Å². The van der Waals surface area contributed by atoms with Crippen LogP contribution in [0.2, 0.25) is 0 Å². The van der Waals surface area contributed by atoms with Crippen LogP contribution in [0.5, 0.6) is 0 Å². The Balaban J connectivity index is 2.16. The molecule has 2 atom stereocenters. The molecule has 2 nitrogen and oxygen atoms in total. The van der Waals surface area contributed by atoms with Crippen molar-refractivity contribution >= 4 is 11.8 Å². The molecule has 12 heavy (non-hydrogen) atoms. The first kappa shape index (κ1) is 8.20. The molecule has 0 spiro atoms. The first-order valence-corrected chi connectivity index (χ1v) is 5.24. The smallest absolute Gasteiger partial charge is 0.133 e. The topological polar surface area (TPSA) is 25.2 Å². The molecule has 3 heteroatoms. The zero-order valence-electron chi connectivity index (χ0n) is 7.33. The van der Waals surface area contributed by atoms with E-state index in [1.165, 1.54) is 11.3 Å². The van der Waals surface area contributed by atoms with Crippen molar-refractivity contribution < 1.29 is 4.42 Å². The molecule has 1 N–H and O–H groups in total. The second kappa shape index (κ2) is 3.15. The second-order valence-corrected chi connectivity index (χ2v) is 4.39. The molecule has 0 amide bonds. The Morgan fingerprint density at radius 1 is 1.67 bits per heavy atom. The molecule has 1 aliphatic rings. The van der Waals surface area contributed by atoms with E-state index in [9.17, 15) is 0 Å². The molecule has 1 aromatic rings. The van der Waals surface area contributed by atoms with E-state index in [0.29, 0.717) is 11.4 Å². The van der Waals surface area contributed by atoms with Crippen LogP contribution < -0.4 is 5.32 Å². The standard InChI is InChI=1S/C9H13NOS/c1-6-3-4-11-8(6)9-10-7(2)5-12-9/h3-4,7,9-10H,5H2,1-2H3. The number of nitrogens with one attached hydrogen (secondary N) is 1. The Morgan fingerprint density at radius 3 is 3.00 bits per heavy atom. The summed E-state index contributed by atoms with van der Waals surface area (Å²) in [5.74, 6) is 2.26. The van der Waals surface area contributed by atoms with Gasteiger partial charge in [0, 0.05) is 11.8 Å². The fourth-order valence-corrected chi connectivity index (χ4v) is 2.70. The highest BCUT2D eigenvalue weighted by Gasteiger charge is 2.25. The maximum absolute atomic E-state index is 5.41. The highest BCUT2D eigenvalue weighted by molar-refractivity contribution is 7.99. The van der Waals surface area contributed by atoms with Gasteiger partial charge in [0.25, 0.3) is 0 Å². The van der Waals surface area contributed by atoms with Crippen LogP contribution in [0.4, 0.5) is 0 Å². The van der Waals surface area contributed by atoms with Gasteiger partial charge in [0.2, 0.25) is 0 Å². The summed E-state index contributed by atoms with van der Waals surface area (Å²) in [5, 5.41) is 3.84. The van der Waals surface area contributed by atoms with Crippen LogP contribution in [0.3, 0.4) is 0 Å². The quantitative estimate of drug-likeness (QED) is 0.723. The monoisotopic (exact) mass is 183 g/mol. The minimum absolute atomic E-state index is 0.370. The summed E-state index contributed by atoms with van der Waals surface area (Å²) in [5.41, 5.74) is 1.24. The van der Waals surface area contributed by atoms with Crippen molar-refractivity contribution in [3.8, 4) is 0 Å². The molecule has 2 heterocycles. The molecule has 0 aliphatic carbocycles. The molecular formula is C9H13NOS. The lowest BCUT2D eigenvalue weighted by atomic mass is 10.2. The van der Waals surface area contributed by atoms with Crippen molar-refractivity contribution in [1.82, 2.24) is 5.32 Å². The van der Waals surface area contributed by atoms with Gasteiger partial charge in [-0.1, -0.05) is 0 Å². The largest absolute Gasteiger partial charge is 0.466 e. The van der Waals surface area contributed by atoms with Crippen LogP contribution in [0.15, 0.2) is 16.7 Å². The van der Waals surface area contributed by atoms with Gasteiger partial charge in [-0.3, -0.25) is 5.32 Å². The van der Waals surface area contributed by atoms with Crippen molar-refractivity contribution in [3.05, 3.63) is 23.7 Å². The summed E-state index contributed by atoms with van der Waals surface area (Å²) >= 11 is 1.92. The van der Waals surface area contributed by atoms with Gasteiger partial charge in [0.15, 0.2) is 0 Å². The molecule has 2 rings (SSSR count). The van der Waals surface area contributed by atoms with Crippen molar-refractivity contribution in [3.63, 3.8) is 0 Å². The van der Waals surface area contributed by atoms with E-state index in [4.69, 9.17) is 4.42 Å². The van der Waals surface area contributed by atoms with Crippen molar-refractivity contribution in [2.45, 2.75) is 25.3 Å². The van der Waals surface area contributed by atoms with Crippen LogP contribution in [0, 0.1) is 6.92 Å². The average Bonchev–Trinajstić information content (AvgIpc) is 2.58. The highest BCUT2D eigenvalue weighted by atomic mass is 32.2. The highest BCUT2D eigenvalue weighted by Crippen LogP contribution is 2.34. The van der Waals surface area contributed by atoms with Crippen molar-refractivity contribution in [2.24, 2.45) is 0 Å². The third kappa shape index (κ3) is 1.39. The third-order valence-electron chi connectivity index (χ3n) is 2.09.